The Kier molecular flexibility index (Phi) is 5.21. The second kappa shape index (κ2) is 7.25. The summed E-state index contributed by atoms with van der Waals surface area (Å²) < 4.78 is 6.27. The van der Waals surface area contributed by atoms with E-state index < -0.39 is 17.5 Å². The van der Waals surface area contributed by atoms with Crippen LogP contribution >= 0.6 is 27.5 Å². The lowest BCUT2D eigenvalue weighted by atomic mass is 9.88. The topological polar surface area (TPSA) is 67.5 Å². The van der Waals surface area contributed by atoms with Crippen LogP contribution in [0.2, 0.25) is 5.02 Å². The molecule has 0 saturated heterocycles. The highest BCUT2D eigenvalue weighted by atomic mass is 79.9. The Morgan fingerprint density at radius 1 is 1.31 bits per heavy atom. The molecule has 0 radical (unpaired) electrons. The van der Waals surface area contributed by atoms with Crippen molar-refractivity contribution in [3.05, 3.63) is 67.4 Å². The van der Waals surface area contributed by atoms with E-state index in [2.05, 4.69) is 15.9 Å². The first-order valence-corrected chi connectivity index (χ1v) is 9.26. The van der Waals surface area contributed by atoms with Crippen LogP contribution in [-0.2, 0) is 4.79 Å². The molecule has 0 amide bonds. The van der Waals surface area contributed by atoms with Crippen molar-refractivity contribution in [2.45, 2.75) is 26.2 Å². The number of aliphatic carboxylic acids is 1. The van der Waals surface area contributed by atoms with Crippen LogP contribution in [0.25, 0.3) is 22.1 Å². The maximum absolute atomic E-state index is 12.7. The highest BCUT2D eigenvalue weighted by molar-refractivity contribution is 9.10. The van der Waals surface area contributed by atoms with Gasteiger partial charge in [0.2, 0.25) is 0 Å². The molecule has 4 nitrogen and oxygen atoms in total. The Labute approximate surface area is 163 Å². The van der Waals surface area contributed by atoms with Crippen molar-refractivity contribution in [1.29, 1.82) is 0 Å². The minimum atomic E-state index is -1.05. The lowest BCUT2D eigenvalue weighted by Crippen LogP contribution is -2.20. The predicted molar refractivity (Wildman–Crippen MR) is 106 cm³/mol. The van der Waals surface area contributed by atoms with Gasteiger partial charge in [-0.2, -0.15) is 0 Å². The number of halogens is 2. The number of carboxylic acid groups (broad SMARTS) is 1. The van der Waals surface area contributed by atoms with E-state index in [-0.39, 0.29) is 12.0 Å². The summed E-state index contributed by atoms with van der Waals surface area (Å²) in [7, 11) is 0. The van der Waals surface area contributed by atoms with E-state index in [1.165, 1.54) is 0 Å². The number of hydrogen-bond acceptors (Lipinski definition) is 3. The second-order valence-corrected chi connectivity index (χ2v) is 7.41. The van der Waals surface area contributed by atoms with Gasteiger partial charge in [-0.3, -0.25) is 4.79 Å². The molecular weight excluding hydrogens is 420 g/mol. The summed E-state index contributed by atoms with van der Waals surface area (Å²) >= 11 is 9.62. The second-order valence-electron chi connectivity index (χ2n) is 6.09. The maximum atomic E-state index is 12.7. The van der Waals surface area contributed by atoms with Crippen molar-refractivity contribution in [1.82, 2.24) is 0 Å². The van der Waals surface area contributed by atoms with Crippen LogP contribution in [0.3, 0.4) is 0 Å². The number of fused-ring (bicyclic) bond motifs is 1. The quantitative estimate of drug-likeness (QED) is 0.529. The molecule has 1 aromatic heterocycles. The molecule has 26 heavy (non-hydrogen) atoms. The van der Waals surface area contributed by atoms with Crippen LogP contribution < -0.4 is 5.63 Å². The molecule has 134 valence electrons. The van der Waals surface area contributed by atoms with Gasteiger partial charge in [0, 0.05) is 26.5 Å². The Morgan fingerprint density at radius 3 is 2.65 bits per heavy atom. The fourth-order valence-electron chi connectivity index (χ4n) is 3.12. The standard InChI is InChI=1S/C20H16BrClO4/c1-3-13(19(23)24)18-17(11-5-4-6-12(21)8-11)14-7-10(2)15(22)9-16(14)26-20(18)25/h4-9,13H,3H2,1-2H3,(H,23,24). The molecule has 0 aliphatic carbocycles. The molecule has 1 N–H and O–H groups in total. The number of carboxylic acids is 1. The van der Waals surface area contributed by atoms with Gasteiger partial charge >= 0.3 is 11.6 Å². The lowest BCUT2D eigenvalue weighted by molar-refractivity contribution is -0.138. The SMILES string of the molecule is CCC(C(=O)O)c1c(-c2cccc(Br)c2)c2cc(C)c(Cl)cc2oc1=O. The maximum Gasteiger partial charge on any atom is 0.340 e. The molecule has 2 aromatic carbocycles. The van der Waals surface area contributed by atoms with Gasteiger partial charge < -0.3 is 9.52 Å². The van der Waals surface area contributed by atoms with Crippen LogP contribution in [0, 0.1) is 6.92 Å². The first-order valence-electron chi connectivity index (χ1n) is 8.09. The molecule has 1 atom stereocenters. The third kappa shape index (κ3) is 3.29. The van der Waals surface area contributed by atoms with E-state index in [0.29, 0.717) is 21.6 Å². The normalized spacial score (nSPS) is 12.3. The van der Waals surface area contributed by atoms with Crippen molar-refractivity contribution in [3.8, 4) is 11.1 Å². The summed E-state index contributed by atoms with van der Waals surface area (Å²) in [6, 6.07) is 10.8. The third-order valence-electron chi connectivity index (χ3n) is 4.39. The molecule has 0 fully saturated rings. The number of rotatable bonds is 4. The first kappa shape index (κ1) is 18.7. The Bertz CT molecular complexity index is 1070. The predicted octanol–water partition coefficient (Wildman–Crippen LogP) is 5.76. The fourth-order valence-corrected chi connectivity index (χ4v) is 3.67. The van der Waals surface area contributed by atoms with Crippen LogP contribution in [0.15, 0.2) is 50.1 Å². The van der Waals surface area contributed by atoms with Crippen LogP contribution in [0.4, 0.5) is 0 Å². The van der Waals surface area contributed by atoms with Gasteiger partial charge in [-0.05, 0) is 42.7 Å². The Hall–Kier alpha value is -2.11. The summed E-state index contributed by atoms with van der Waals surface area (Å²) in [6.07, 6.45) is 0.277. The third-order valence-corrected chi connectivity index (χ3v) is 5.29. The first-order chi connectivity index (χ1) is 12.3. The average Bonchev–Trinajstić information content (AvgIpc) is 2.57. The zero-order valence-corrected chi connectivity index (χ0v) is 16.5. The van der Waals surface area contributed by atoms with E-state index in [1.807, 2.05) is 37.3 Å². The van der Waals surface area contributed by atoms with Gasteiger partial charge in [0.25, 0.3) is 0 Å². The van der Waals surface area contributed by atoms with Crippen molar-refractivity contribution in [2.24, 2.45) is 0 Å². The van der Waals surface area contributed by atoms with Crippen molar-refractivity contribution >= 4 is 44.5 Å². The Balaban J connectivity index is 2.52. The number of benzene rings is 2. The molecule has 6 heteroatoms. The summed E-state index contributed by atoms with van der Waals surface area (Å²) in [4.78, 5) is 24.5. The van der Waals surface area contributed by atoms with Crippen LogP contribution in [0.5, 0.6) is 0 Å². The largest absolute Gasteiger partial charge is 0.481 e. The molecule has 0 aliphatic heterocycles. The molecule has 0 aliphatic rings. The molecule has 3 rings (SSSR count). The summed E-state index contributed by atoms with van der Waals surface area (Å²) in [5, 5.41) is 10.8. The van der Waals surface area contributed by atoms with Gasteiger partial charge in [0.05, 0.1) is 11.5 Å². The number of hydrogen-bond donors (Lipinski definition) is 1. The average molecular weight is 436 g/mol. The smallest absolute Gasteiger partial charge is 0.340 e. The Morgan fingerprint density at radius 2 is 2.04 bits per heavy atom. The van der Waals surface area contributed by atoms with E-state index in [9.17, 15) is 14.7 Å². The molecule has 0 bridgehead atoms. The fraction of sp³-hybridized carbons (Fsp3) is 0.200. The van der Waals surface area contributed by atoms with Gasteiger partial charge in [-0.25, -0.2) is 4.79 Å². The van der Waals surface area contributed by atoms with Gasteiger partial charge in [-0.1, -0.05) is 46.6 Å². The van der Waals surface area contributed by atoms with E-state index in [0.717, 1.165) is 15.6 Å². The van der Waals surface area contributed by atoms with Crippen LogP contribution in [-0.4, -0.2) is 11.1 Å². The molecule has 1 heterocycles. The van der Waals surface area contributed by atoms with E-state index in [4.69, 9.17) is 16.0 Å². The van der Waals surface area contributed by atoms with E-state index >= 15 is 0 Å². The number of aryl methyl sites for hydroxylation is 1. The zero-order chi connectivity index (χ0) is 19.0. The molecular formula is C20H16BrClO4. The number of carbonyl (C=O) groups is 1. The summed E-state index contributed by atoms with van der Waals surface area (Å²) in [5.41, 5.74) is 1.98. The van der Waals surface area contributed by atoms with Gasteiger partial charge in [0.1, 0.15) is 5.58 Å². The highest BCUT2D eigenvalue weighted by Crippen LogP contribution is 2.37. The molecule has 3 aromatic rings. The van der Waals surface area contributed by atoms with Gasteiger partial charge in [0.15, 0.2) is 0 Å². The minimum absolute atomic E-state index is 0.160. The van der Waals surface area contributed by atoms with E-state index in [1.54, 1.807) is 13.0 Å². The molecule has 0 spiro atoms. The molecule has 1 unspecified atom stereocenters. The van der Waals surface area contributed by atoms with Gasteiger partial charge in [-0.15, -0.1) is 0 Å². The lowest BCUT2D eigenvalue weighted by Gasteiger charge is -2.17. The van der Waals surface area contributed by atoms with Crippen LogP contribution in [0.1, 0.15) is 30.4 Å². The van der Waals surface area contributed by atoms with Crippen molar-refractivity contribution < 1.29 is 14.3 Å². The minimum Gasteiger partial charge on any atom is -0.481 e. The molecule has 0 saturated carbocycles. The van der Waals surface area contributed by atoms with Crippen molar-refractivity contribution in [3.63, 3.8) is 0 Å². The highest BCUT2D eigenvalue weighted by Gasteiger charge is 2.28. The zero-order valence-electron chi connectivity index (χ0n) is 14.2. The monoisotopic (exact) mass is 434 g/mol. The van der Waals surface area contributed by atoms with Crippen molar-refractivity contribution in [2.75, 3.05) is 0 Å². The summed E-state index contributed by atoms with van der Waals surface area (Å²) in [6.45, 7) is 3.59. The summed E-state index contributed by atoms with van der Waals surface area (Å²) in [5.74, 6) is -2.01.